The smallest absolute Gasteiger partial charge is 1.00 e. The molecule has 0 N–H and O–H groups in total. The van der Waals surface area contributed by atoms with Gasteiger partial charge < -0.3 is 24.8 Å². The fourth-order valence-electron chi connectivity index (χ4n) is 6.26. The molecule has 4 aromatic rings. The van der Waals surface area contributed by atoms with Crippen LogP contribution in [0.25, 0.3) is 21.5 Å². The van der Waals surface area contributed by atoms with Gasteiger partial charge >= 0.3 is 21.7 Å². The minimum absolute atomic E-state index is 0. The van der Waals surface area contributed by atoms with Gasteiger partial charge in [0.1, 0.15) is 0 Å². The van der Waals surface area contributed by atoms with E-state index in [1.807, 2.05) is 0 Å². The van der Waals surface area contributed by atoms with Gasteiger partial charge in [0.25, 0.3) is 0 Å². The maximum atomic E-state index is 2.55. The standard InChI is InChI=1S/C21H28P.C11H11.2ClH.Ti/c1-3-11-19(12-4-1)22(20-13-5-2-6-14-20)21-15-17-9-7-8-10-18(17)16-21;1-8-6-7-9(2)11-5-3-4-10(8)11;;;/h7-10,15-16,19-20H,1-6,11-14H2;3-7H,1-2H3;2*1H;/q2*-1;;;+4/p-2. The molecule has 0 radical (unpaired) electrons. The van der Waals surface area contributed by atoms with Crippen molar-refractivity contribution in [2.75, 3.05) is 0 Å². The first-order chi connectivity index (χ1) is 16.2. The molecule has 190 valence electrons. The summed E-state index contributed by atoms with van der Waals surface area (Å²) in [6.07, 6.45) is 14.9. The first-order valence-electron chi connectivity index (χ1n) is 13.3. The third kappa shape index (κ3) is 7.27. The van der Waals surface area contributed by atoms with E-state index in [0.717, 1.165) is 11.3 Å². The van der Waals surface area contributed by atoms with Crippen LogP contribution in [0.4, 0.5) is 0 Å². The van der Waals surface area contributed by atoms with Gasteiger partial charge in [0.2, 0.25) is 0 Å². The van der Waals surface area contributed by atoms with Gasteiger partial charge in [0, 0.05) is 0 Å². The second-order valence-corrected chi connectivity index (χ2v) is 13.2. The Hall–Kier alpha value is -0.616. The Morgan fingerprint density at radius 3 is 1.89 bits per heavy atom. The van der Waals surface area contributed by atoms with Gasteiger partial charge in [-0.1, -0.05) is 71.1 Å². The Balaban J connectivity index is 0.000000279. The van der Waals surface area contributed by atoms with Crippen LogP contribution >= 0.6 is 7.92 Å². The van der Waals surface area contributed by atoms with E-state index in [1.54, 1.807) is 5.30 Å². The topological polar surface area (TPSA) is 0 Å². The van der Waals surface area contributed by atoms with Crippen LogP contribution in [-0.2, 0) is 21.7 Å². The van der Waals surface area contributed by atoms with E-state index >= 15 is 0 Å². The minimum Gasteiger partial charge on any atom is -1.00 e. The van der Waals surface area contributed by atoms with Crippen molar-refractivity contribution in [2.45, 2.75) is 89.4 Å². The van der Waals surface area contributed by atoms with Crippen molar-refractivity contribution in [3.8, 4) is 0 Å². The number of halogens is 2. The van der Waals surface area contributed by atoms with Crippen LogP contribution in [0.15, 0.2) is 66.7 Å². The van der Waals surface area contributed by atoms with Crippen LogP contribution in [0, 0.1) is 13.8 Å². The molecule has 2 aliphatic rings. The average molecular weight is 573 g/mol. The summed E-state index contributed by atoms with van der Waals surface area (Å²) in [6, 6.07) is 24.9. The van der Waals surface area contributed by atoms with Gasteiger partial charge in [-0.15, -0.1) is 68.8 Å². The fraction of sp³-hybridized carbons (Fsp3) is 0.438. The maximum Gasteiger partial charge on any atom is 4.00 e. The van der Waals surface area contributed by atoms with E-state index in [2.05, 4.69) is 80.6 Å². The molecule has 2 aliphatic carbocycles. The second kappa shape index (κ2) is 15.1. The van der Waals surface area contributed by atoms with Crippen molar-refractivity contribution in [1.29, 1.82) is 0 Å². The quantitative estimate of drug-likeness (QED) is 0.200. The van der Waals surface area contributed by atoms with E-state index in [1.165, 1.54) is 96.9 Å². The Morgan fingerprint density at radius 2 is 1.31 bits per heavy atom. The normalized spacial score (nSPS) is 16.5. The molecule has 0 nitrogen and oxygen atoms in total. The number of hydrogen-bond donors (Lipinski definition) is 0. The summed E-state index contributed by atoms with van der Waals surface area (Å²) < 4.78 is 0. The van der Waals surface area contributed by atoms with E-state index in [-0.39, 0.29) is 54.5 Å². The molecule has 0 amide bonds. The average Bonchev–Trinajstić information content (AvgIpc) is 3.52. The Bertz CT molecular complexity index is 1090. The van der Waals surface area contributed by atoms with Gasteiger partial charge in [-0.3, -0.25) is 0 Å². The predicted molar refractivity (Wildman–Crippen MR) is 149 cm³/mol. The number of benzene rings is 2. The molecule has 4 aromatic carbocycles. The van der Waals surface area contributed by atoms with Crippen molar-refractivity contribution in [2.24, 2.45) is 0 Å². The zero-order valence-corrected chi connectivity index (χ0v) is 25.7. The Kier molecular flexibility index (Phi) is 13.3. The molecule has 0 atom stereocenters. The van der Waals surface area contributed by atoms with E-state index < -0.39 is 0 Å². The molecule has 36 heavy (non-hydrogen) atoms. The Labute approximate surface area is 247 Å². The fourth-order valence-corrected chi connectivity index (χ4v) is 10.1. The summed E-state index contributed by atoms with van der Waals surface area (Å²) in [6.45, 7) is 4.31. The monoisotopic (exact) mass is 572 g/mol. The molecule has 0 bridgehead atoms. The van der Waals surface area contributed by atoms with Crippen molar-refractivity contribution >= 4 is 34.8 Å². The Morgan fingerprint density at radius 1 is 0.722 bits per heavy atom. The van der Waals surface area contributed by atoms with Crippen LogP contribution in [0.2, 0.25) is 0 Å². The van der Waals surface area contributed by atoms with Gasteiger partial charge in [-0.25, -0.2) is 0 Å². The predicted octanol–water partition coefficient (Wildman–Crippen LogP) is 3.51. The van der Waals surface area contributed by atoms with Crippen LogP contribution in [0.3, 0.4) is 0 Å². The molecule has 2 fully saturated rings. The molecular weight excluding hydrogens is 534 g/mol. The van der Waals surface area contributed by atoms with Crippen molar-refractivity contribution in [3.63, 3.8) is 0 Å². The molecule has 0 saturated heterocycles. The van der Waals surface area contributed by atoms with Crippen molar-refractivity contribution < 1.29 is 46.5 Å². The molecular formula is C32H39Cl2PTi. The number of aryl methyl sites for hydroxylation is 2. The molecule has 2 saturated carbocycles. The number of rotatable bonds is 3. The third-order valence-electron chi connectivity index (χ3n) is 8.09. The van der Waals surface area contributed by atoms with Gasteiger partial charge in [-0.05, 0) is 43.9 Å². The number of fused-ring (bicyclic) bond motifs is 2. The first-order valence-corrected chi connectivity index (χ1v) is 14.7. The minimum atomic E-state index is 0. The summed E-state index contributed by atoms with van der Waals surface area (Å²) in [4.78, 5) is 0. The summed E-state index contributed by atoms with van der Waals surface area (Å²) in [5.74, 6) is 0. The largest absolute Gasteiger partial charge is 4.00 e. The first kappa shape index (κ1) is 31.6. The third-order valence-corrected chi connectivity index (χ3v) is 11.5. The summed E-state index contributed by atoms with van der Waals surface area (Å²) in [7, 11) is 0.0611. The zero-order valence-electron chi connectivity index (χ0n) is 21.8. The van der Waals surface area contributed by atoms with Crippen LogP contribution in [0.1, 0.15) is 75.3 Å². The van der Waals surface area contributed by atoms with Crippen LogP contribution in [-0.4, -0.2) is 11.3 Å². The molecule has 0 spiro atoms. The van der Waals surface area contributed by atoms with E-state index in [0.29, 0.717) is 0 Å². The van der Waals surface area contributed by atoms with Crippen LogP contribution < -0.4 is 30.1 Å². The summed E-state index contributed by atoms with van der Waals surface area (Å²) in [5, 5.41) is 7.46. The van der Waals surface area contributed by atoms with Crippen LogP contribution in [0.5, 0.6) is 0 Å². The van der Waals surface area contributed by atoms with E-state index in [9.17, 15) is 0 Å². The SMILES string of the molecule is Cc1ccc(C)c2[cH-]ccc12.[Cl-].[Cl-].[Ti+4].c1ccc2[cH-]c(P(C3CCCCC3)C3CCCCC3)cc2c1. The van der Waals surface area contributed by atoms with Gasteiger partial charge in [0.05, 0.1) is 0 Å². The maximum absolute atomic E-state index is 2.55. The van der Waals surface area contributed by atoms with Gasteiger partial charge in [-0.2, -0.15) is 18.2 Å². The van der Waals surface area contributed by atoms with Crippen molar-refractivity contribution in [3.05, 3.63) is 77.9 Å². The molecule has 0 heterocycles. The summed E-state index contributed by atoms with van der Waals surface area (Å²) in [5.41, 5.74) is 4.78. The molecule has 0 aliphatic heterocycles. The number of hydrogen-bond acceptors (Lipinski definition) is 0. The molecule has 0 aromatic heterocycles. The zero-order chi connectivity index (χ0) is 22.6. The van der Waals surface area contributed by atoms with E-state index in [4.69, 9.17) is 0 Å². The molecule has 6 rings (SSSR count). The summed E-state index contributed by atoms with van der Waals surface area (Å²) >= 11 is 0. The molecule has 0 unspecified atom stereocenters. The van der Waals surface area contributed by atoms with Crippen molar-refractivity contribution in [1.82, 2.24) is 0 Å². The van der Waals surface area contributed by atoms with Gasteiger partial charge in [0.15, 0.2) is 0 Å². The molecule has 4 heteroatoms. The second-order valence-electron chi connectivity index (χ2n) is 10.4.